The van der Waals surface area contributed by atoms with Crippen molar-refractivity contribution in [2.75, 3.05) is 18.9 Å². The standard InChI is InChI=1S/C25H54NOP/c1-6-11-14-15-16-17-18-21-26-28(27,22-24(9-4)19-12-7-2)23-25(10-5)20-13-8-3/h24-25H,6-23H2,1-5H3,(H,26,27). The second-order valence-corrected chi connectivity index (χ2v) is 11.9. The zero-order chi connectivity index (χ0) is 21.1. The summed E-state index contributed by atoms with van der Waals surface area (Å²) in [5, 5.41) is 3.64. The Labute approximate surface area is 178 Å². The maximum Gasteiger partial charge on any atom is 0.148 e. The van der Waals surface area contributed by atoms with Crippen molar-refractivity contribution in [3.8, 4) is 0 Å². The fourth-order valence-corrected chi connectivity index (χ4v) is 7.76. The molecule has 2 atom stereocenters. The maximum atomic E-state index is 13.9. The van der Waals surface area contributed by atoms with Gasteiger partial charge in [-0.1, -0.05) is 112 Å². The minimum atomic E-state index is -2.26. The van der Waals surface area contributed by atoms with E-state index in [1.807, 2.05) is 0 Å². The molecule has 0 heterocycles. The first-order chi connectivity index (χ1) is 13.5. The first kappa shape index (κ1) is 28.2. The molecule has 3 heteroatoms. The Bertz CT molecular complexity index is 350. The van der Waals surface area contributed by atoms with Gasteiger partial charge in [0.2, 0.25) is 0 Å². The lowest BCUT2D eigenvalue weighted by Crippen LogP contribution is -2.23. The summed E-state index contributed by atoms with van der Waals surface area (Å²) >= 11 is 0. The van der Waals surface area contributed by atoms with Crippen molar-refractivity contribution in [3.63, 3.8) is 0 Å². The van der Waals surface area contributed by atoms with Crippen LogP contribution in [0.3, 0.4) is 0 Å². The van der Waals surface area contributed by atoms with Crippen LogP contribution in [0.1, 0.15) is 131 Å². The van der Waals surface area contributed by atoms with E-state index >= 15 is 0 Å². The zero-order valence-electron chi connectivity index (χ0n) is 20.2. The Kier molecular flexibility index (Phi) is 19.3. The monoisotopic (exact) mass is 415 g/mol. The largest absolute Gasteiger partial charge is 0.307 e. The highest BCUT2D eigenvalue weighted by molar-refractivity contribution is 7.61. The molecule has 0 saturated carbocycles. The second kappa shape index (κ2) is 19.2. The lowest BCUT2D eigenvalue weighted by molar-refractivity contribution is 0.457. The number of unbranched alkanes of at least 4 members (excludes halogenated alkanes) is 8. The molecule has 0 aliphatic carbocycles. The topological polar surface area (TPSA) is 29.1 Å². The molecule has 0 spiro atoms. The summed E-state index contributed by atoms with van der Waals surface area (Å²) < 4.78 is 13.9. The van der Waals surface area contributed by atoms with Gasteiger partial charge >= 0.3 is 0 Å². The molecule has 0 aliphatic heterocycles. The van der Waals surface area contributed by atoms with E-state index in [9.17, 15) is 4.57 Å². The summed E-state index contributed by atoms with van der Waals surface area (Å²) in [6.45, 7) is 12.3. The lowest BCUT2D eigenvalue weighted by atomic mass is 10.0. The van der Waals surface area contributed by atoms with Crippen LogP contribution in [0.25, 0.3) is 0 Å². The molecule has 170 valence electrons. The average molecular weight is 416 g/mol. The highest BCUT2D eigenvalue weighted by atomic mass is 31.2. The third-order valence-corrected chi connectivity index (χ3v) is 9.39. The molecule has 1 N–H and O–H groups in total. The van der Waals surface area contributed by atoms with Gasteiger partial charge in [0.15, 0.2) is 0 Å². The van der Waals surface area contributed by atoms with Crippen LogP contribution in [-0.2, 0) is 4.57 Å². The molecule has 0 fully saturated rings. The molecule has 2 unspecified atom stereocenters. The molecular weight excluding hydrogens is 361 g/mol. The smallest absolute Gasteiger partial charge is 0.148 e. The average Bonchev–Trinajstić information content (AvgIpc) is 2.70. The van der Waals surface area contributed by atoms with E-state index in [0.717, 1.165) is 18.9 Å². The van der Waals surface area contributed by atoms with E-state index in [-0.39, 0.29) is 0 Å². The predicted octanol–water partition coefficient (Wildman–Crippen LogP) is 9.04. The summed E-state index contributed by atoms with van der Waals surface area (Å²) in [5.41, 5.74) is 0. The van der Waals surface area contributed by atoms with Gasteiger partial charge in [0.1, 0.15) is 7.29 Å². The quantitative estimate of drug-likeness (QED) is 0.150. The third-order valence-electron chi connectivity index (χ3n) is 6.37. The number of rotatable bonds is 21. The van der Waals surface area contributed by atoms with Crippen molar-refractivity contribution >= 4 is 7.29 Å². The Morgan fingerprint density at radius 3 is 1.46 bits per heavy atom. The summed E-state index contributed by atoms with van der Waals surface area (Å²) in [7, 11) is -2.26. The maximum absolute atomic E-state index is 13.9. The van der Waals surface area contributed by atoms with Gasteiger partial charge in [-0.25, -0.2) is 0 Å². The highest BCUT2D eigenvalue weighted by Gasteiger charge is 2.28. The molecule has 0 rings (SSSR count). The lowest BCUT2D eigenvalue weighted by Gasteiger charge is -2.28. The van der Waals surface area contributed by atoms with Gasteiger partial charge in [-0.15, -0.1) is 0 Å². The van der Waals surface area contributed by atoms with Gasteiger partial charge in [0.05, 0.1) is 0 Å². The molecule has 0 aliphatic rings. The minimum Gasteiger partial charge on any atom is -0.307 e. The van der Waals surface area contributed by atoms with Crippen LogP contribution in [0.2, 0.25) is 0 Å². The summed E-state index contributed by atoms with van der Waals surface area (Å²) in [6, 6.07) is 0. The Hall–Kier alpha value is 0.190. The summed E-state index contributed by atoms with van der Waals surface area (Å²) in [4.78, 5) is 0. The van der Waals surface area contributed by atoms with Gasteiger partial charge in [-0.3, -0.25) is 5.09 Å². The van der Waals surface area contributed by atoms with Crippen LogP contribution in [0, 0.1) is 11.8 Å². The van der Waals surface area contributed by atoms with E-state index in [2.05, 4.69) is 39.7 Å². The summed E-state index contributed by atoms with van der Waals surface area (Å²) in [5.74, 6) is 1.27. The fourth-order valence-electron chi connectivity index (χ4n) is 4.24. The summed E-state index contributed by atoms with van der Waals surface area (Å²) in [6.07, 6.45) is 21.0. The fraction of sp³-hybridized carbons (Fsp3) is 1.00. The Balaban J connectivity index is 4.61. The molecule has 0 saturated heterocycles. The first-order valence-electron chi connectivity index (χ1n) is 12.9. The van der Waals surface area contributed by atoms with Gasteiger partial charge < -0.3 is 4.57 Å². The van der Waals surface area contributed by atoms with E-state index < -0.39 is 7.29 Å². The Morgan fingerprint density at radius 1 is 0.607 bits per heavy atom. The molecule has 0 aromatic rings. The zero-order valence-corrected chi connectivity index (χ0v) is 21.1. The van der Waals surface area contributed by atoms with Crippen molar-refractivity contribution in [1.82, 2.24) is 5.09 Å². The van der Waals surface area contributed by atoms with Crippen LogP contribution in [0.4, 0.5) is 0 Å². The molecular formula is C25H54NOP. The second-order valence-electron chi connectivity index (χ2n) is 9.12. The molecule has 0 radical (unpaired) electrons. The number of nitrogens with one attached hydrogen (secondary N) is 1. The van der Waals surface area contributed by atoms with Crippen molar-refractivity contribution in [3.05, 3.63) is 0 Å². The van der Waals surface area contributed by atoms with Crippen molar-refractivity contribution in [2.45, 2.75) is 131 Å². The first-order valence-corrected chi connectivity index (χ1v) is 15.0. The van der Waals surface area contributed by atoms with E-state index in [1.54, 1.807) is 0 Å². The van der Waals surface area contributed by atoms with E-state index in [0.29, 0.717) is 11.8 Å². The van der Waals surface area contributed by atoms with Crippen molar-refractivity contribution in [2.24, 2.45) is 11.8 Å². The SMILES string of the molecule is CCCCCCCCCNP(=O)(CC(CC)CCCC)CC(CC)CCCC. The van der Waals surface area contributed by atoms with Crippen LogP contribution in [-0.4, -0.2) is 18.9 Å². The molecule has 28 heavy (non-hydrogen) atoms. The number of hydrogen-bond donors (Lipinski definition) is 1. The molecule has 2 nitrogen and oxygen atoms in total. The van der Waals surface area contributed by atoms with Gasteiger partial charge in [0.25, 0.3) is 0 Å². The van der Waals surface area contributed by atoms with Gasteiger partial charge in [-0.2, -0.15) is 0 Å². The third kappa shape index (κ3) is 15.1. The van der Waals surface area contributed by atoms with Crippen molar-refractivity contribution in [1.29, 1.82) is 0 Å². The van der Waals surface area contributed by atoms with Crippen LogP contribution in [0.5, 0.6) is 0 Å². The molecule has 0 bridgehead atoms. The number of hydrogen-bond acceptors (Lipinski definition) is 1. The molecule has 0 amide bonds. The van der Waals surface area contributed by atoms with Gasteiger partial charge in [0, 0.05) is 18.9 Å². The van der Waals surface area contributed by atoms with Gasteiger partial charge in [-0.05, 0) is 31.1 Å². The Morgan fingerprint density at radius 2 is 1.04 bits per heavy atom. The molecule has 0 aromatic heterocycles. The van der Waals surface area contributed by atoms with Crippen LogP contribution >= 0.6 is 7.29 Å². The van der Waals surface area contributed by atoms with Crippen LogP contribution in [0.15, 0.2) is 0 Å². The molecule has 0 aromatic carbocycles. The normalized spacial score (nSPS) is 16.0. The predicted molar refractivity (Wildman–Crippen MR) is 130 cm³/mol. The van der Waals surface area contributed by atoms with E-state index in [4.69, 9.17) is 0 Å². The highest BCUT2D eigenvalue weighted by Crippen LogP contribution is 2.47. The van der Waals surface area contributed by atoms with Crippen LogP contribution < -0.4 is 5.09 Å². The minimum absolute atomic E-state index is 0.635. The van der Waals surface area contributed by atoms with Crippen molar-refractivity contribution < 1.29 is 4.57 Å². The van der Waals surface area contributed by atoms with E-state index in [1.165, 1.54) is 96.3 Å².